The Morgan fingerprint density at radius 2 is 2.18 bits per heavy atom. The highest BCUT2D eigenvalue weighted by Gasteiger charge is 2.03. The predicted molar refractivity (Wildman–Crippen MR) is 70.8 cm³/mol. The van der Waals surface area contributed by atoms with E-state index in [1.54, 1.807) is 6.20 Å². The first-order chi connectivity index (χ1) is 8.27. The van der Waals surface area contributed by atoms with E-state index in [-0.39, 0.29) is 0 Å². The van der Waals surface area contributed by atoms with Gasteiger partial charge >= 0.3 is 0 Å². The van der Waals surface area contributed by atoms with Gasteiger partial charge in [0.1, 0.15) is 10.8 Å². The Hall–Kier alpha value is -1.07. The van der Waals surface area contributed by atoms with Crippen LogP contribution in [0, 0.1) is 0 Å². The molecule has 1 aromatic heterocycles. The number of hydrogen-bond donors (Lipinski definition) is 2. The lowest BCUT2D eigenvalue weighted by atomic mass is 10.4. The lowest BCUT2D eigenvalue weighted by Gasteiger charge is -2.09. The van der Waals surface area contributed by atoms with Gasteiger partial charge in [0, 0.05) is 26.3 Å². The van der Waals surface area contributed by atoms with Gasteiger partial charge in [-0.05, 0) is 20.3 Å². The molecule has 0 aliphatic rings. The van der Waals surface area contributed by atoms with Crippen LogP contribution in [-0.2, 0) is 4.74 Å². The number of ether oxygens (including phenoxy) is 1. The van der Waals surface area contributed by atoms with Crippen molar-refractivity contribution in [1.29, 1.82) is 0 Å². The fraction of sp³-hybridized carbons (Fsp3) is 0.636. The molecule has 0 spiro atoms. The van der Waals surface area contributed by atoms with Crippen molar-refractivity contribution in [1.82, 2.24) is 9.97 Å². The molecule has 6 heteroatoms. The van der Waals surface area contributed by atoms with E-state index in [1.165, 1.54) is 0 Å². The van der Waals surface area contributed by atoms with Gasteiger partial charge < -0.3 is 15.4 Å². The molecule has 0 atom stereocenters. The molecule has 1 aromatic rings. The van der Waals surface area contributed by atoms with E-state index in [9.17, 15) is 0 Å². The number of hydrogen-bond acceptors (Lipinski definition) is 5. The monoisotopic (exact) mass is 258 g/mol. The van der Waals surface area contributed by atoms with Crippen molar-refractivity contribution in [3.8, 4) is 0 Å². The molecule has 0 bridgehead atoms. The lowest BCUT2D eigenvalue weighted by molar-refractivity contribution is 0.147. The number of nitrogens with zero attached hydrogens (tertiary/aromatic N) is 2. The van der Waals surface area contributed by atoms with Crippen LogP contribution in [0.3, 0.4) is 0 Å². The molecular weight excluding hydrogens is 240 g/mol. The summed E-state index contributed by atoms with van der Waals surface area (Å²) in [5, 5.41) is 6.74. The van der Waals surface area contributed by atoms with E-state index in [2.05, 4.69) is 20.6 Å². The predicted octanol–water partition coefficient (Wildman–Crippen LogP) is 2.40. The quantitative estimate of drug-likeness (QED) is 0.702. The van der Waals surface area contributed by atoms with Gasteiger partial charge in [0.25, 0.3) is 0 Å². The number of rotatable bonds is 8. The van der Waals surface area contributed by atoms with Gasteiger partial charge in [-0.25, -0.2) is 4.98 Å². The molecule has 2 N–H and O–H groups in total. The van der Waals surface area contributed by atoms with Gasteiger partial charge in [-0.1, -0.05) is 11.6 Å². The molecule has 0 saturated carbocycles. The average Bonchev–Trinajstić information content (AvgIpc) is 2.33. The van der Waals surface area contributed by atoms with Gasteiger partial charge in [-0.2, -0.15) is 4.98 Å². The number of aromatic nitrogens is 2. The zero-order valence-electron chi connectivity index (χ0n) is 10.3. The Morgan fingerprint density at radius 3 is 2.88 bits per heavy atom. The molecule has 0 aliphatic heterocycles. The third kappa shape index (κ3) is 5.19. The van der Waals surface area contributed by atoms with Gasteiger partial charge in [-0.15, -0.1) is 0 Å². The molecule has 0 fully saturated rings. The molecule has 96 valence electrons. The minimum atomic E-state index is 0.531. The van der Waals surface area contributed by atoms with Crippen molar-refractivity contribution in [2.75, 3.05) is 36.9 Å². The van der Waals surface area contributed by atoms with Crippen LogP contribution in [0.4, 0.5) is 11.8 Å². The SMILES string of the molecule is CCNc1ncc(Cl)c(NCCCOCC)n1. The third-order valence-corrected chi connectivity index (χ3v) is 2.32. The molecule has 0 radical (unpaired) electrons. The second-order valence-corrected chi connectivity index (χ2v) is 3.80. The van der Waals surface area contributed by atoms with Gasteiger partial charge in [-0.3, -0.25) is 0 Å². The highest BCUT2D eigenvalue weighted by molar-refractivity contribution is 6.32. The Balaban J connectivity index is 2.42. The number of anilines is 2. The molecule has 0 aromatic carbocycles. The largest absolute Gasteiger partial charge is 0.382 e. The summed E-state index contributed by atoms with van der Waals surface area (Å²) in [6, 6.07) is 0. The summed E-state index contributed by atoms with van der Waals surface area (Å²) >= 11 is 5.99. The van der Waals surface area contributed by atoms with Gasteiger partial charge in [0.2, 0.25) is 5.95 Å². The maximum Gasteiger partial charge on any atom is 0.224 e. The summed E-state index contributed by atoms with van der Waals surface area (Å²) in [5.74, 6) is 1.25. The van der Waals surface area contributed by atoms with E-state index in [0.717, 1.165) is 32.7 Å². The molecule has 0 unspecified atom stereocenters. The zero-order valence-corrected chi connectivity index (χ0v) is 11.0. The average molecular weight is 259 g/mol. The van der Waals surface area contributed by atoms with E-state index >= 15 is 0 Å². The summed E-state index contributed by atoms with van der Waals surface area (Å²) < 4.78 is 5.25. The maximum atomic E-state index is 5.99. The Kier molecular flexibility index (Phi) is 6.65. The smallest absolute Gasteiger partial charge is 0.224 e. The van der Waals surface area contributed by atoms with Crippen LogP contribution in [-0.4, -0.2) is 36.3 Å². The maximum absolute atomic E-state index is 5.99. The van der Waals surface area contributed by atoms with Crippen LogP contribution >= 0.6 is 11.6 Å². The summed E-state index contributed by atoms with van der Waals surface area (Å²) in [7, 11) is 0. The first-order valence-electron chi connectivity index (χ1n) is 5.86. The van der Waals surface area contributed by atoms with Gasteiger partial charge in [0.15, 0.2) is 0 Å². The van der Waals surface area contributed by atoms with Crippen molar-refractivity contribution in [3.63, 3.8) is 0 Å². The van der Waals surface area contributed by atoms with E-state index in [0.29, 0.717) is 16.8 Å². The lowest BCUT2D eigenvalue weighted by Crippen LogP contribution is -2.09. The third-order valence-electron chi connectivity index (χ3n) is 2.04. The van der Waals surface area contributed by atoms with Crippen LogP contribution in [0.1, 0.15) is 20.3 Å². The minimum Gasteiger partial charge on any atom is -0.382 e. The van der Waals surface area contributed by atoms with Gasteiger partial charge in [0.05, 0.1) is 6.20 Å². The van der Waals surface area contributed by atoms with E-state index in [4.69, 9.17) is 16.3 Å². The topological polar surface area (TPSA) is 59.1 Å². The van der Waals surface area contributed by atoms with Crippen LogP contribution in [0.15, 0.2) is 6.20 Å². The molecule has 1 heterocycles. The number of halogens is 1. The van der Waals surface area contributed by atoms with E-state index < -0.39 is 0 Å². The molecule has 0 amide bonds. The molecular formula is C11H19ClN4O. The number of nitrogens with one attached hydrogen (secondary N) is 2. The summed E-state index contributed by atoms with van der Waals surface area (Å²) in [6.45, 7) is 7.03. The minimum absolute atomic E-state index is 0.531. The second-order valence-electron chi connectivity index (χ2n) is 3.40. The van der Waals surface area contributed by atoms with Crippen LogP contribution < -0.4 is 10.6 Å². The van der Waals surface area contributed by atoms with E-state index in [1.807, 2.05) is 13.8 Å². The normalized spacial score (nSPS) is 10.3. The molecule has 17 heavy (non-hydrogen) atoms. The Labute approximate surface area is 107 Å². The Morgan fingerprint density at radius 1 is 1.35 bits per heavy atom. The van der Waals surface area contributed by atoms with Crippen molar-refractivity contribution in [2.45, 2.75) is 20.3 Å². The van der Waals surface area contributed by atoms with Crippen molar-refractivity contribution in [3.05, 3.63) is 11.2 Å². The van der Waals surface area contributed by atoms with Crippen molar-refractivity contribution >= 4 is 23.4 Å². The highest BCUT2D eigenvalue weighted by Crippen LogP contribution is 2.19. The summed E-state index contributed by atoms with van der Waals surface area (Å²) in [5.41, 5.74) is 0. The highest BCUT2D eigenvalue weighted by atomic mass is 35.5. The fourth-order valence-corrected chi connectivity index (χ4v) is 1.42. The zero-order chi connectivity index (χ0) is 12.5. The Bertz CT molecular complexity index is 335. The first kappa shape index (κ1) is 14.0. The molecule has 0 saturated heterocycles. The second kappa shape index (κ2) is 8.08. The van der Waals surface area contributed by atoms with Crippen LogP contribution in [0.25, 0.3) is 0 Å². The van der Waals surface area contributed by atoms with Crippen molar-refractivity contribution < 1.29 is 4.74 Å². The molecule has 1 rings (SSSR count). The summed E-state index contributed by atoms with van der Waals surface area (Å²) in [4.78, 5) is 8.34. The molecule has 0 aliphatic carbocycles. The van der Waals surface area contributed by atoms with Crippen molar-refractivity contribution in [2.24, 2.45) is 0 Å². The first-order valence-corrected chi connectivity index (χ1v) is 6.23. The van der Waals surface area contributed by atoms with Crippen LogP contribution in [0.5, 0.6) is 0 Å². The summed E-state index contributed by atoms with van der Waals surface area (Å²) in [6.07, 6.45) is 2.52. The molecule has 5 nitrogen and oxygen atoms in total. The van der Waals surface area contributed by atoms with Crippen LogP contribution in [0.2, 0.25) is 5.02 Å². The fourth-order valence-electron chi connectivity index (χ4n) is 1.26. The standard InChI is InChI=1S/C11H19ClN4O/c1-3-13-11-15-8-9(12)10(16-11)14-6-5-7-17-4-2/h8H,3-7H2,1-2H3,(H2,13,14,15,16).